The van der Waals surface area contributed by atoms with Crippen molar-refractivity contribution in [2.75, 3.05) is 18.0 Å². The number of hydrogen-bond acceptors (Lipinski definition) is 4. The fourth-order valence-electron chi connectivity index (χ4n) is 3.99. The van der Waals surface area contributed by atoms with Gasteiger partial charge in [-0.05, 0) is 43.2 Å². The van der Waals surface area contributed by atoms with E-state index >= 15 is 0 Å². The van der Waals surface area contributed by atoms with E-state index < -0.39 is 21.8 Å². The molecule has 3 heterocycles. The zero-order valence-electron chi connectivity index (χ0n) is 17.0. The molecule has 1 atom stereocenters. The van der Waals surface area contributed by atoms with Gasteiger partial charge in [-0.1, -0.05) is 13.5 Å². The van der Waals surface area contributed by atoms with Crippen molar-refractivity contribution >= 4 is 27.1 Å². The Hall–Kier alpha value is -2.98. The van der Waals surface area contributed by atoms with Crippen LogP contribution in [-0.4, -0.2) is 31.1 Å². The Kier molecular flexibility index (Phi) is 5.67. The molecule has 1 aliphatic rings. The van der Waals surface area contributed by atoms with Crippen LogP contribution < -0.4 is 14.3 Å². The average molecular weight is 448 g/mol. The van der Waals surface area contributed by atoms with Crippen molar-refractivity contribution in [1.82, 2.24) is 19.1 Å². The van der Waals surface area contributed by atoms with E-state index in [1.54, 1.807) is 17.6 Å². The van der Waals surface area contributed by atoms with Gasteiger partial charge in [-0.3, -0.25) is 4.72 Å². The van der Waals surface area contributed by atoms with Gasteiger partial charge in [-0.25, -0.2) is 13.3 Å². The maximum absolute atomic E-state index is 14.4. The minimum Gasteiger partial charge on any atom is -0.364 e. The van der Waals surface area contributed by atoms with Crippen molar-refractivity contribution in [2.45, 2.75) is 25.8 Å². The van der Waals surface area contributed by atoms with E-state index in [0.717, 1.165) is 24.2 Å². The smallest absolute Gasteiger partial charge is 0.299 e. The third-order valence-electron chi connectivity index (χ3n) is 5.32. The van der Waals surface area contributed by atoms with Crippen LogP contribution in [0.4, 0.5) is 14.5 Å². The molecule has 0 radical (unpaired) electrons. The molecule has 0 aliphatic carbocycles. The Morgan fingerprint density at radius 3 is 2.87 bits per heavy atom. The molecule has 164 valence electrons. The van der Waals surface area contributed by atoms with Gasteiger partial charge in [0.25, 0.3) is 10.2 Å². The molecular weight excluding hydrogens is 424 g/mol. The maximum Gasteiger partial charge on any atom is 0.299 e. The Morgan fingerprint density at radius 1 is 1.29 bits per heavy atom. The molecule has 0 saturated carbocycles. The summed E-state index contributed by atoms with van der Waals surface area (Å²) < 4.78 is 58.6. The van der Waals surface area contributed by atoms with Gasteiger partial charge in [0, 0.05) is 36.1 Å². The predicted molar refractivity (Wildman–Crippen MR) is 116 cm³/mol. The first-order valence-electron chi connectivity index (χ1n) is 9.94. The van der Waals surface area contributed by atoms with Gasteiger partial charge in [0.15, 0.2) is 0 Å². The van der Waals surface area contributed by atoms with Gasteiger partial charge in [-0.2, -0.15) is 18.2 Å². The number of anilines is 1. The first kappa shape index (κ1) is 21.3. The van der Waals surface area contributed by atoms with Crippen LogP contribution in [-0.2, 0) is 10.2 Å². The highest BCUT2D eigenvalue weighted by molar-refractivity contribution is 7.87. The zero-order valence-corrected chi connectivity index (χ0v) is 17.8. The van der Waals surface area contributed by atoms with E-state index in [1.165, 1.54) is 12.3 Å². The molecule has 3 aromatic rings. The normalized spacial score (nSPS) is 16.7. The highest BCUT2D eigenvalue weighted by Crippen LogP contribution is 2.38. The molecule has 2 N–H and O–H groups in total. The van der Waals surface area contributed by atoms with Crippen molar-refractivity contribution in [1.29, 1.82) is 0 Å². The molecule has 0 unspecified atom stereocenters. The Morgan fingerprint density at radius 2 is 2.10 bits per heavy atom. The summed E-state index contributed by atoms with van der Waals surface area (Å²) in [6, 6.07) is 6.93. The molecule has 1 saturated heterocycles. The molecule has 7 nitrogen and oxygen atoms in total. The summed E-state index contributed by atoms with van der Waals surface area (Å²) in [6.45, 7) is 6.45. The quantitative estimate of drug-likeness (QED) is 0.582. The van der Waals surface area contributed by atoms with Gasteiger partial charge >= 0.3 is 0 Å². The maximum atomic E-state index is 14.4. The number of halogens is 2. The van der Waals surface area contributed by atoms with Crippen LogP contribution in [0.2, 0.25) is 0 Å². The summed E-state index contributed by atoms with van der Waals surface area (Å²) in [7, 11) is -3.73. The Labute approximate surface area is 179 Å². The number of pyridine rings is 1. The number of nitrogens with one attached hydrogen (secondary N) is 2. The highest BCUT2D eigenvalue weighted by Gasteiger charge is 2.29. The first-order chi connectivity index (χ1) is 14.8. The van der Waals surface area contributed by atoms with E-state index in [-0.39, 0.29) is 18.3 Å². The van der Waals surface area contributed by atoms with Crippen LogP contribution in [0.25, 0.3) is 11.2 Å². The molecule has 10 heteroatoms. The number of rotatable bonds is 7. The topological polar surface area (TPSA) is 78.7 Å². The van der Waals surface area contributed by atoms with Crippen molar-refractivity contribution in [3.63, 3.8) is 0 Å². The lowest BCUT2D eigenvalue weighted by molar-refractivity contribution is 0.561. The van der Waals surface area contributed by atoms with E-state index in [1.807, 2.05) is 17.0 Å². The number of benzene rings is 1. The van der Waals surface area contributed by atoms with Gasteiger partial charge in [0.2, 0.25) is 0 Å². The van der Waals surface area contributed by atoms with Crippen LogP contribution in [0.5, 0.6) is 0 Å². The van der Waals surface area contributed by atoms with Crippen molar-refractivity contribution in [2.24, 2.45) is 0 Å². The van der Waals surface area contributed by atoms with Crippen molar-refractivity contribution in [3.05, 3.63) is 72.1 Å². The summed E-state index contributed by atoms with van der Waals surface area (Å²) in [5, 5.41) is 4.26. The van der Waals surface area contributed by atoms with E-state index in [9.17, 15) is 17.2 Å². The summed E-state index contributed by atoms with van der Waals surface area (Å²) in [6.07, 6.45) is 4.82. The molecular formula is C21H23F2N5O2S. The first-order valence-corrected chi connectivity index (χ1v) is 11.4. The molecule has 1 fully saturated rings. The molecule has 1 aliphatic heterocycles. The van der Waals surface area contributed by atoms with E-state index in [4.69, 9.17) is 0 Å². The Bertz CT molecular complexity index is 1240. The third-order valence-corrected chi connectivity index (χ3v) is 6.51. The molecule has 4 rings (SSSR count). The van der Waals surface area contributed by atoms with Gasteiger partial charge in [0.1, 0.15) is 11.6 Å². The zero-order chi connectivity index (χ0) is 22.2. The second kappa shape index (κ2) is 8.27. The lowest BCUT2D eigenvalue weighted by atomic mass is 10.0. The lowest BCUT2D eigenvalue weighted by Crippen LogP contribution is -2.35. The fraction of sp³-hybridized carbons (Fsp3) is 0.286. The highest BCUT2D eigenvalue weighted by atomic mass is 32.2. The second-order valence-corrected chi connectivity index (χ2v) is 8.87. The molecule has 1 aromatic carbocycles. The molecule has 0 amide bonds. The van der Waals surface area contributed by atoms with Crippen LogP contribution in [0.1, 0.15) is 36.9 Å². The SMILES string of the molecule is C=C(NS(=O)(=O)NCC)c1cnn2ccc(N3CCC[C@@H]3c3cc(F)ccc3F)cc12. The summed E-state index contributed by atoms with van der Waals surface area (Å²) in [5.41, 5.74) is 2.49. The monoisotopic (exact) mass is 447 g/mol. The summed E-state index contributed by atoms with van der Waals surface area (Å²) in [5.74, 6) is -0.906. The third kappa shape index (κ3) is 4.26. The molecule has 0 spiro atoms. The van der Waals surface area contributed by atoms with Gasteiger partial charge < -0.3 is 4.90 Å². The van der Waals surface area contributed by atoms with E-state index in [2.05, 4.69) is 21.1 Å². The lowest BCUT2D eigenvalue weighted by Gasteiger charge is -2.27. The van der Waals surface area contributed by atoms with Gasteiger partial charge in [-0.15, -0.1) is 0 Å². The van der Waals surface area contributed by atoms with Crippen LogP contribution >= 0.6 is 0 Å². The number of hydrogen-bond donors (Lipinski definition) is 2. The van der Waals surface area contributed by atoms with Crippen LogP contribution in [0, 0.1) is 11.6 Å². The second-order valence-electron chi connectivity index (χ2n) is 7.37. The largest absolute Gasteiger partial charge is 0.364 e. The standard InChI is InChI=1S/C21H23F2N5O2S/c1-3-25-31(29,30)26-14(2)18-13-24-28-10-8-16(12-21(18)28)27-9-4-5-20(27)17-11-15(22)6-7-19(17)23/h6-8,10-13,20,25-26H,2-5,9H2,1H3/t20-/m1/s1. The van der Waals surface area contributed by atoms with Crippen molar-refractivity contribution in [3.8, 4) is 0 Å². The van der Waals surface area contributed by atoms with Crippen molar-refractivity contribution < 1.29 is 17.2 Å². The minimum absolute atomic E-state index is 0.183. The predicted octanol–water partition coefficient (Wildman–Crippen LogP) is 3.37. The summed E-state index contributed by atoms with van der Waals surface area (Å²) in [4.78, 5) is 2.03. The summed E-state index contributed by atoms with van der Waals surface area (Å²) >= 11 is 0. The number of aromatic nitrogens is 2. The van der Waals surface area contributed by atoms with Gasteiger partial charge in [0.05, 0.1) is 23.5 Å². The minimum atomic E-state index is -3.73. The Balaban J connectivity index is 1.68. The number of fused-ring (bicyclic) bond motifs is 1. The molecule has 31 heavy (non-hydrogen) atoms. The van der Waals surface area contributed by atoms with Crippen LogP contribution in [0.15, 0.2) is 49.3 Å². The van der Waals surface area contributed by atoms with E-state index in [0.29, 0.717) is 29.6 Å². The average Bonchev–Trinajstić information content (AvgIpc) is 3.35. The molecule has 2 aromatic heterocycles. The molecule has 0 bridgehead atoms. The van der Waals surface area contributed by atoms with Crippen LogP contribution in [0.3, 0.4) is 0 Å². The number of nitrogens with zero attached hydrogens (tertiary/aromatic N) is 3. The fourth-order valence-corrected chi connectivity index (χ4v) is 4.88.